The quantitative estimate of drug-likeness (QED) is 0.490. The number of carbonyl (C=O) groups excluding carboxylic acids is 3. The second-order valence-corrected chi connectivity index (χ2v) is 7.75. The highest BCUT2D eigenvalue weighted by Gasteiger charge is 2.49. The normalized spacial score (nSPS) is 20.6. The van der Waals surface area contributed by atoms with Crippen molar-refractivity contribution in [2.45, 2.75) is 102 Å². The van der Waals surface area contributed by atoms with E-state index in [4.69, 9.17) is 14.2 Å². The summed E-state index contributed by atoms with van der Waals surface area (Å²) in [7, 11) is 0. The average Bonchev–Trinajstić information content (AvgIpc) is 2.62. The summed E-state index contributed by atoms with van der Waals surface area (Å²) < 4.78 is 16.0. The van der Waals surface area contributed by atoms with Gasteiger partial charge in [0.1, 0.15) is 12.2 Å². The maximum absolute atomic E-state index is 12.9. The van der Waals surface area contributed by atoms with Gasteiger partial charge in [0.15, 0.2) is 0 Å². The number of hydrogen-bond donors (Lipinski definition) is 1. The van der Waals surface area contributed by atoms with Crippen LogP contribution in [0.25, 0.3) is 0 Å². The maximum atomic E-state index is 12.9. The van der Waals surface area contributed by atoms with E-state index < -0.39 is 42.3 Å². The van der Waals surface area contributed by atoms with Gasteiger partial charge in [0.2, 0.25) is 5.60 Å². The van der Waals surface area contributed by atoms with E-state index in [2.05, 4.69) is 0 Å². The van der Waals surface area contributed by atoms with E-state index in [1.54, 1.807) is 0 Å². The van der Waals surface area contributed by atoms with Crippen LogP contribution in [0.1, 0.15) is 84.0 Å². The van der Waals surface area contributed by atoms with Crippen LogP contribution in [-0.4, -0.2) is 46.8 Å². The van der Waals surface area contributed by atoms with Crippen molar-refractivity contribution in [2.75, 3.05) is 0 Å². The standard InChI is InChI=1S/C20H30O8/c1-14(21)28-20(12-17(22)23,19(25)27-16-10-6-3-7-11-16)13-18(24)26-15-8-4-2-5-9-15/h15-16H,2-13H2,1H3,(H,22,23). The Morgan fingerprint density at radius 3 is 1.79 bits per heavy atom. The molecular weight excluding hydrogens is 368 g/mol. The molecule has 1 N–H and O–H groups in total. The third-order valence-corrected chi connectivity index (χ3v) is 5.25. The van der Waals surface area contributed by atoms with Crippen molar-refractivity contribution in [1.29, 1.82) is 0 Å². The summed E-state index contributed by atoms with van der Waals surface area (Å²) >= 11 is 0. The van der Waals surface area contributed by atoms with Gasteiger partial charge in [-0.15, -0.1) is 0 Å². The summed E-state index contributed by atoms with van der Waals surface area (Å²) in [5.74, 6) is -3.97. The van der Waals surface area contributed by atoms with Gasteiger partial charge in [-0.05, 0) is 51.4 Å². The highest BCUT2D eigenvalue weighted by molar-refractivity contribution is 5.92. The summed E-state index contributed by atoms with van der Waals surface area (Å²) in [6.45, 7) is 1.07. The van der Waals surface area contributed by atoms with Crippen molar-refractivity contribution in [3.63, 3.8) is 0 Å². The predicted octanol–water partition coefficient (Wildman–Crippen LogP) is 2.90. The maximum Gasteiger partial charge on any atom is 0.352 e. The van der Waals surface area contributed by atoms with Crippen LogP contribution in [-0.2, 0) is 33.4 Å². The molecule has 2 fully saturated rings. The lowest BCUT2D eigenvalue weighted by molar-refractivity contribution is -0.194. The lowest BCUT2D eigenvalue weighted by atomic mass is 9.93. The van der Waals surface area contributed by atoms with Crippen LogP contribution < -0.4 is 0 Å². The summed E-state index contributed by atoms with van der Waals surface area (Å²) in [5, 5.41) is 9.30. The molecule has 28 heavy (non-hydrogen) atoms. The third-order valence-electron chi connectivity index (χ3n) is 5.25. The van der Waals surface area contributed by atoms with Crippen LogP contribution in [0.3, 0.4) is 0 Å². The SMILES string of the molecule is CC(=O)OC(CC(=O)O)(CC(=O)OC1CCCCC1)C(=O)OC1CCCCC1. The van der Waals surface area contributed by atoms with Gasteiger partial charge in [-0.25, -0.2) is 4.79 Å². The Hall–Kier alpha value is -2.12. The number of hydrogen-bond acceptors (Lipinski definition) is 7. The molecule has 0 radical (unpaired) electrons. The molecule has 0 spiro atoms. The molecule has 0 aromatic carbocycles. The lowest BCUT2D eigenvalue weighted by Crippen LogP contribution is -2.49. The van der Waals surface area contributed by atoms with Gasteiger partial charge in [0.05, 0.1) is 12.8 Å². The summed E-state index contributed by atoms with van der Waals surface area (Å²) in [6.07, 6.45) is 6.51. The Balaban J connectivity index is 2.14. The van der Waals surface area contributed by atoms with Gasteiger partial charge < -0.3 is 19.3 Å². The zero-order valence-corrected chi connectivity index (χ0v) is 16.4. The first kappa shape index (κ1) is 22.2. The van der Waals surface area contributed by atoms with Crippen LogP contribution in [0.4, 0.5) is 0 Å². The Morgan fingerprint density at radius 1 is 0.821 bits per heavy atom. The van der Waals surface area contributed by atoms with E-state index in [-0.39, 0.29) is 12.2 Å². The van der Waals surface area contributed by atoms with Crippen molar-refractivity contribution in [3.05, 3.63) is 0 Å². The van der Waals surface area contributed by atoms with Crippen molar-refractivity contribution in [3.8, 4) is 0 Å². The number of carboxylic acid groups (broad SMARTS) is 1. The van der Waals surface area contributed by atoms with Crippen molar-refractivity contribution in [1.82, 2.24) is 0 Å². The fourth-order valence-corrected chi connectivity index (χ4v) is 3.93. The first-order valence-corrected chi connectivity index (χ1v) is 10.1. The van der Waals surface area contributed by atoms with Crippen LogP contribution in [0, 0.1) is 0 Å². The minimum atomic E-state index is -2.21. The Bertz CT molecular complexity index is 557. The van der Waals surface area contributed by atoms with E-state index in [1.165, 1.54) is 0 Å². The monoisotopic (exact) mass is 398 g/mol. The molecule has 1 unspecified atom stereocenters. The Morgan fingerprint density at radius 2 is 1.32 bits per heavy atom. The van der Waals surface area contributed by atoms with Gasteiger partial charge in [0, 0.05) is 6.92 Å². The molecule has 8 heteroatoms. The highest BCUT2D eigenvalue weighted by Crippen LogP contribution is 2.29. The predicted molar refractivity (Wildman–Crippen MR) is 97.3 cm³/mol. The van der Waals surface area contributed by atoms with E-state index in [9.17, 15) is 24.3 Å². The molecule has 2 saturated carbocycles. The number of ether oxygens (including phenoxy) is 3. The molecular formula is C20H30O8. The van der Waals surface area contributed by atoms with Crippen molar-refractivity contribution < 1.29 is 38.5 Å². The second kappa shape index (κ2) is 10.4. The number of rotatable bonds is 8. The summed E-state index contributed by atoms with van der Waals surface area (Å²) in [5.41, 5.74) is -2.21. The van der Waals surface area contributed by atoms with Gasteiger partial charge in [-0.1, -0.05) is 12.8 Å². The Labute approximate surface area is 164 Å². The number of carbonyl (C=O) groups is 4. The van der Waals surface area contributed by atoms with Crippen LogP contribution in [0.2, 0.25) is 0 Å². The third kappa shape index (κ3) is 6.80. The Kier molecular flexibility index (Phi) is 8.26. The molecule has 0 aromatic rings. The van der Waals surface area contributed by atoms with E-state index in [1.807, 2.05) is 0 Å². The number of aliphatic carboxylic acids is 1. The number of esters is 3. The first-order valence-electron chi connectivity index (χ1n) is 10.1. The van der Waals surface area contributed by atoms with Crippen LogP contribution in [0.15, 0.2) is 0 Å². The topological polar surface area (TPSA) is 116 Å². The molecule has 0 aliphatic heterocycles. The number of carboxylic acids is 1. The van der Waals surface area contributed by atoms with Gasteiger partial charge in [-0.3, -0.25) is 14.4 Å². The molecule has 0 heterocycles. The van der Waals surface area contributed by atoms with Gasteiger partial charge in [-0.2, -0.15) is 0 Å². The highest BCUT2D eigenvalue weighted by atomic mass is 16.6. The molecule has 0 amide bonds. The minimum Gasteiger partial charge on any atom is -0.481 e. The molecule has 158 valence electrons. The summed E-state index contributed by atoms with van der Waals surface area (Å²) in [4.78, 5) is 48.4. The second-order valence-electron chi connectivity index (χ2n) is 7.75. The first-order chi connectivity index (χ1) is 13.3. The van der Waals surface area contributed by atoms with Gasteiger partial charge in [0.25, 0.3) is 0 Å². The minimum absolute atomic E-state index is 0.254. The zero-order chi connectivity index (χ0) is 20.6. The largest absolute Gasteiger partial charge is 0.481 e. The van der Waals surface area contributed by atoms with Crippen LogP contribution in [0.5, 0.6) is 0 Å². The molecule has 8 nitrogen and oxygen atoms in total. The molecule has 1 atom stereocenters. The average molecular weight is 398 g/mol. The molecule has 2 aliphatic rings. The van der Waals surface area contributed by atoms with E-state index in [0.29, 0.717) is 12.8 Å². The van der Waals surface area contributed by atoms with Gasteiger partial charge >= 0.3 is 23.9 Å². The molecule has 0 saturated heterocycles. The molecule has 0 aromatic heterocycles. The lowest BCUT2D eigenvalue weighted by Gasteiger charge is -2.32. The molecule has 0 bridgehead atoms. The fraction of sp³-hybridized carbons (Fsp3) is 0.800. The summed E-state index contributed by atoms with van der Waals surface area (Å²) in [6, 6.07) is 0. The van der Waals surface area contributed by atoms with Crippen LogP contribution >= 0.6 is 0 Å². The fourth-order valence-electron chi connectivity index (χ4n) is 3.93. The van der Waals surface area contributed by atoms with Crippen molar-refractivity contribution in [2.24, 2.45) is 0 Å². The van der Waals surface area contributed by atoms with E-state index >= 15 is 0 Å². The zero-order valence-electron chi connectivity index (χ0n) is 16.4. The smallest absolute Gasteiger partial charge is 0.352 e. The molecule has 2 aliphatic carbocycles. The van der Waals surface area contributed by atoms with Crippen molar-refractivity contribution >= 4 is 23.9 Å². The van der Waals surface area contributed by atoms with E-state index in [0.717, 1.165) is 58.3 Å². The molecule has 2 rings (SSSR count).